The van der Waals surface area contributed by atoms with Crippen LogP contribution in [-0.4, -0.2) is 64.3 Å². The molecule has 1 aromatic carbocycles. The highest BCUT2D eigenvalue weighted by Crippen LogP contribution is 2.26. The van der Waals surface area contributed by atoms with E-state index < -0.39 is 11.7 Å². The minimum absolute atomic E-state index is 0.0668. The smallest absolute Gasteiger partial charge is 0.410 e. The maximum atomic E-state index is 12.7. The summed E-state index contributed by atoms with van der Waals surface area (Å²) in [6, 6.07) is 7.62. The lowest BCUT2D eigenvalue weighted by atomic mass is 10.00. The molecule has 2 saturated heterocycles. The van der Waals surface area contributed by atoms with Gasteiger partial charge >= 0.3 is 6.09 Å². The summed E-state index contributed by atoms with van der Waals surface area (Å²) in [5.41, 5.74) is 1.25. The summed E-state index contributed by atoms with van der Waals surface area (Å²) in [6.45, 7) is 3.42. The van der Waals surface area contributed by atoms with Gasteiger partial charge in [0.1, 0.15) is 6.61 Å². The number of aromatic nitrogens is 1. The molecule has 142 valence electrons. The summed E-state index contributed by atoms with van der Waals surface area (Å²) in [6.07, 6.45) is 3.52. The molecule has 0 bridgehead atoms. The van der Waals surface area contributed by atoms with Gasteiger partial charge in [-0.2, -0.15) is 0 Å². The number of amides is 2. The van der Waals surface area contributed by atoms with Gasteiger partial charge in [0.15, 0.2) is 0 Å². The van der Waals surface area contributed by atoms with Crippen molar-refractivity contribution in [2.24, 2.45) is 0 Å². The molecule has 0 saturated carbocycles. The summed E-state index contributed by atoms with van der Waals surface area (Å²) >= 11 is 0. The number of H-pyrrole nitrogens is 1. The lowest BCUT2D eigenvalue weighted by Crippen LogP contribution is -2.50. The number of hydrogen-bond acceptors (Lipinski definition) is 4. The highest BCUT2D eigenvalue weighted by atomic mass is 16.6. The van der Waals surface area contributed by atoms with E-state index in [4.69, 9.17) is 4.74 Å². The van der Waals surface area contributed by atoms with Crippen molar-refractivity contribution in [3.05, 3.63) is 36.0 Å². The van der Waals surface area contributed by atoms with Gasteiger partial charge in [0, 0.05) is 36.2 Å². The fourth-order valence-corrected chi connectivity index (χ4v) is 4.10. The normalized spacial score (nSPS) is 20.9. The SMILES string of the molecule is CCC1COC(=O)N1C1CCN(C(=O)C(=O)c2c[nH]c3ccccc23)CC1. The van der Waals surface area contributed by atoms with Crippen molar-refractivity contribution < 1.29 is 19.1 Å². The predicted octanol–water partition coefficient (Wildman–Crippen LogP) is 2.57. The third-order valence-electron chi connectivity index (χ3n) is 5.65. The lowest BCUT2D eigenvalue weighted by molar-refractivity contribution is -0.127. The summed E-state index contributed by atoms with van der Waals surface area (Å²) < 4.78 is 5.17. The van der Waals surface area contributed by atoms with Crippen LogP contribution >= 0.6 is 0 Å². The molecule has 2 aliphatic rings. The number of fused-ring (bicyclic) bond motifs is 1. The Bertz CT molecular complexity index is 882. The van der Waals surface area contributed by atoms with Crippen molar-refractivity contribution in [1.82, 2.24) is 14.8 Å². The molecular formula is C20H23N3O4. The first-order valence-electron chi connectivity index (χ1n) is 9.45. The molecule has 1 unspecified atom stereocenters. The number of ketones is 1. The Labute approximate surface area is 157 Å². The first kappa shape index (κ1) is 17.6. The summed E-state index contributed by atoms with van der Waals surface area (Å²) in [7, 11) is 0. The number of cyclic esters (lactones) is 1. The van der Waals surface area contributed by atoms with Crippen molar-refractivity contribution >= 4 is 28.7 Å². The molecule has 2 fully saturated rings. The number of carbonyl (C=O) groups is 3. The second kappa shape index (κ2) is 7.06. The maximum absolute atomic E-state index is 12.7. The van der Waals surface area contributed by atoms with Crippen molar-refractivity contribution in [3.63, 3.8) is 0 Å². The second-order valence-corrected chi connectivity index (χ2v) is 7.15. The average Bonchev–Trinajstić information content (AvgIpc) is 3.30. The molecular weight excluding hydrogens is 346 g/mol. The zero-order valence-corrected chi connectivity index (χ0v) is 15.3. The number of Topliss-reactive ketones (excluding diaryl/α,β-unsaturated/α-hetero) is 1. The van der Waals surface area contributed by atoms with Gasteiger partial charge in [0.05, 0.1) is 11.6 Å². The molecule has 0 spiro atoms. The van der Waals surface area contributed by atoms with E-state index in [0.717, 1.165) is 17.3 Å². The number of nitrogens with one attached hydrogen (secondary N) is 1. The number of ether oxygens (including phenoxy) is 1. The van der Waals surface area contributed by atoms with Gasteiger partial charge in [-0.15, -0.1) is 0 Å². The van der Waals surface area contributed by atoms with Crippen LogP contribution in [0.3, 0.4) is 0 Å². The van der Waals surface area contributed by atoms with Crippen LogP contribution in [0.15, 0.2) is 30.5 Å². The number of para-hydroxylation sites is 1. The first-order valence-corrected chi connectivity index (χ1v) is 9.45. The molecule has 4 rings (SSSR count). The minimum atomic E-state index is -0.488. The first-order chi connectivity index (χ1) is 13.1. The molecule has 0 aliphatic carbocycles. The van der Waals surface area contributed by atoms with Crippen LogP contribution in [0.25, 0.3) is 10.9 Å². The number of hydrogen-bond donors (Lipinski definition) is 1. The molecule has 0 radical (unpaired) electrons. The van der Waals surface area contributed by atoms with Gasteiger partial charge in [-0.05, 0) is 25.3 Å². The Hall–Kier alpha value is -2.83. The molecule has 3 heterocycles. The summed E-state index contributed by atoms with van der Waals surface area (Å²) in [4.78, 5) is 43.9. The number of piperidine rings is 1. The third-order valence-corrected chi connectivity index (χ3v) is 5.65. The Morgan fingerprint density at radius 2 is 1.96 bits per heavy atom. The van der Waals surface area contributed by atoms with E-state index in [-0.39, 0.29) is 18.2 Å². The highest BCUT2D eigenvalue weighted by molar-refractivity contribution is 6.44. The fourth-order valence-electron chi connectivity index (χ4n) is 4.10. The Morgan fingerprint density at radius 1 is 1.22 bits per heavy atom. The third kappa shape index (κ3) is 3.07. The molecule has 1 aromatic heterocycles. The molecule has 1 atom stereocenters. The number of aromatic amines is 1. The van der Waals surface area contributed by atoms with Crippen molar-refractivity contribution in [1.29, 1.82) is 0 Å². The van der Waals surface area contributed by atoms with Crippen molar-refractivity contribution in [3.8, 4) is 0 Å². The summed E-state index contributed by atoms with van der Waals surface area (Å²) in [5.74, 6) is -0.966. The molecule has 7 heteroatoms. The van der Waals surface area contributed by atoms with Crippen LogP contribution in [0.4, 0.5) is 4.79 Å². The van der Waals surface area contributed by atoms with Gasteiger partial charge in [-0.3, -0.25) is 14.5 Å². The number of rotatable bonds is 4. The Kier molecular flexibility index (Phi) is 4.59. The largest absolute Gasteiger partial charge is 0.447 e. The number of benzene rings is 1. The van der Waals surface area contributed by atoms with E-state index in [9.17, 15) is 14.4 Å². The van der Waals surface area contributed by atoms with Gasteiger partial charge < -0.3 is 14.6 Å². The standard InChI is InChI=1S/C20H23N3O4/c1-2-13-12-27-20(26)23(13)14-7-9-22(10-8-14)19(25)18(24)16-11-21-17-6-4-3-5-15(16)17/h3-6,11,13-14,21H,2,7-10,12H2,1H3. The molecule has 27 heavy (non-hydrogen) atoms. The van der Waals surface area contributed by atoms with Crippen LogP contribution in [0.5, 0.6) is 0 Å². The van der Waals surface area contributed by atoms with E-state index in [1.54, 1.807) is 11.1 Å². The predicted molar refractivity (Wildman–Crippen MR) is 99.5 cm³/mol. The maximum Gasteiger partial charge on any atom is 0.410 e. The van der Waals surface area contributed by atoms with E-state index in [0.29, 0.717) is 38.1 Å². The van der Waals surface area contributed by atoms with Gasteiger partial charge in [-0.25, -0.2) is 4.79 Å². The number of nitrogens with zero attached hydrogens (tertiary/aromatic N) is 2. The zero-order valence-electron chi connectivity index (χ0n) is 15.3. The van der Waals surface area contributed by atoms with Crippen LogP contribution < -0.4 is 0 Å². The van der Waals surface area contributed by atoms with Gasteiger partial charge in [0.25, 0.3) is 11.7 Å². The fraction of sp³-hybridized carbons (Fsp3) is 0.450. The van der Waals surface area contributed by atoms with E-state index in [1.165, 1.54) is 0 Å². The highest BCUT2D eigenvalue weighted by Gasteiger charge is 2.39. The summed E-state index contributed by atoms with van der Waals surface area (Å²) in [5, 5.41) is 0.760. The Balaban J connectivity index is 1.43. The van der Waals surface area contributed by atoms with Crippen LogP contribution in [0, 0.1) is 0 Å². The quantitative estimate of drug-likeness (QED) is 0.663. The Morgan fingerprint density at radius 3 is 2.70 bits per heavy atom. The van der Waals surface area contributed by atoms with E-state index >= 15 is 0 Å². The minimum Gasteiger partial charge on any atom is -0.447 e. The lowest BCUT2D eigenvalue weighted by Gasteiger charge is -2.37. The van der Waals surface area contributed by atoms with Crippen molar-refractivity contribution in [2.75, 3.05) is 19.7 Å². The molecule has 2 aliphatic heterocycles. The van der Waals surface area contributed by atoms with Crippen LogP contribution in [-0.2, 0) is 9.53 Å². The van der Waals surface area contributed by atoms with E-state index in [1.807, 2.05) is 36.1 Å². The topological polar surface area (TPSA) is 82.7 Å². The molecule has 2 amide bonds. The van der Waals surface area contributed by atoms with Gasteiger partial charge in [-0.1, -0.05) is 25.1 Å². The second-order valence-electron chi connectivity index (χ2n) is 7.15. The van der Waals surface area contributed by atoms with Crippen LogP contribution in [0.1, 0.15) is 36.5 Å². The van der Waals surface area contributed by atoms with Crippen molar-refractivity contribution in [2.45, 2.75) is 38.3 Å². The zero-order chi connectivity index (χ0) is 19.0. The average molecular weight is 369 g/mol. The van der Waals surface area contributed by atoms with E-state index in [2.05, 4.69) is 4.98 Å². The van der Waals surface area contributed by atoms with Crippen LogP contribution in [0.2, 0.25) is 0 Å². The molecule has 2 aromatic rings. The molecule has 1 N–H and O–H groups in total. The monoisotopic (exact) mass is 369 g/mol. The number of likely N-dealkylation sites (tertiary alicyclic amines) is 1. The molecule has 7 nitrogen and oxygen atoms in total. The number of carbonyl (C=O) groups excluding carboxylic acids is 3. The van der Waals surface area contributed by atoms with Gasteiger partial charge in [0.2, 0.25) is 0 Å².